The maximum absolute atomic E-state index is 12.7. The first-order valence-electron chi connectivity index (χ1n) is 9.05. The van der Waals surface area contributed by atoms with Crippen molar-refractivity contribution in [3.63, 3.8) is 0 Å². The summed E-state index contributed by atoms with van der Waals surface area (Å²) in [5.41, 5.74) is 0.346. The third kappa shape index (κ3) is 6.78. The molecule has 6 heteroatoms. The van der Waals surface area contributed by atoms with Crippen molar-refractivity contribution in [3.05, 3.63) is 22.4 Å². The van der Waals surface area contributed by atoms with Crippen molar-refractivity contribution >= 4 is 23.2 Å². The lowest BCUT2D eigenvalue weighted by Crippen LogP contribution is -2.49. The summed E-state index contributed by atoms with van der Waals surface area (Å²) in [6, 6.07) is 3.71. The van der Waals surface area contributed by atoms with Crippen molar-refractivity contribution in [1.82, 2.24) is 15.1 Å². The molecule has 5 nitrogen and oxygen atoms in total. The molecule has 2 heterocycles. The number of hydrogen-bond donors (Lipinski definition) is 1. The zero-order valence-electron chi connectivity index (χ0n) is 15.9. The number of amides is 2. The van der Waals surface area contributed by atoms with Gasteiger partial charge in [0.2, 0.25) is 11.8 Å². The highest BCUT2D eigenvalue weighted by Crippen LogP contribution is 2.23. The summed E-state index contributed by atoms with van der Waals surface area (Å²) < 4.78 is 0. The molecular formula is C19H31N3O2S. The lowest BCUT2D eigenvalue weighted by molar-refractivity contribution is -0.133. The van der Waals surface area contributed by atoms with Crippen LogP contribution in [-0.2, 0) is 9.59 Å². The third-order valence-corrected chi connectivity index (χ3v) is 5.53. The van der Waals surface area contributed by atoms with Crippen LogP contribution in [-0.4, -0.2) is 54.3 Å². The van der Waals surface area contributed by atoms with Gasteiger partial charge < -0.3 is 10.2 Å². The fraction of sp³-hybridized carbons (Fsp3) is 0.684. The Bertz CT molecular complexity index is 558. The van der Waals surface area contributed by atoms with Crippen LogP contribution >= 0.6 is 11.3 Å². The summed E-state index contributed by atoms with van der Waals surface area (Å²) in [5.74, 6) is 0.0285. The molecule has 0 radical (unpaired) electrons. The number of rotatable bonds is 6. The highest BCUT2D eigenvalue weighted by molar-refractivity contribution is 7.10. The van der Waals surface area contributed by atoms with E-state index in [0.29, 0.717) is 11.8 Å². The van der Waals surface area contributed by atoms with E-state index in [2.05, 4.69) is 31.0 Å². The summed E-state index contributed by atoms with van der Waals surface area (Å²) in [5, 5.41) is 4.89. The first-order chi connectivity index (χ1) is 11.7. The fourth-order valence-corrected chi connectivity index (χ4v) is 3.75. The summed E-state index contributed by atoms with van der Waals surface area (Å²) in [4.78, 5) is 29.6. The van der Waals surface area contributed by atoms with Crippen LogP contribution in [0.15, 0.2) is 17.5 Å². The second-order valence-corrected chi connectivity index (χ2v) is 8.99. The Morgan fingerprint density at radius 1 is 1.24 bits per heavy atom. The monoisotopic (exact) mass is 365 g/mol. The van der Waals surface area contributed by atoms with E-state index in [1.54, 1.807) is 11.3 Å². The largest absolute Gasteiger partial charge is 0.348 e. The quantitative estimate of drug-likeness (QED) is 0.843. The van der Waals surface area contributed by atoms with Crippen LogP contribution in [0.5, 0.6) is 0 Å². The number of carbonyl (C=O) groups excluding carboxylic acids is 2. The molecule has 0 spiro atoms. The van der Waals surface area contributed by atoms with Gasteiger partial charge in [0.1, 0.15) is 0 Å². The maximum atomic E-state index is 12.7. The Morgan fingerprint density at radius 2 is 1.92 bits per heavy atom. The van der Waals surface area contributed by atoms with Crippen molar-refractivity contribution in [1.29, 1.82) is 0 Å². The van der Waals surface area contributed by atoms with Crippen molar-refractivity contribution in [3.8, 4) is 0 Å². The molecule has 1 atom stereocenters. The predicted octanol–water partition coefficient (Wildman–Crippen LogP) is 2.90. The van der Waals surface area contributed by atoms with E-state index in [1.807, 2.05) is 22.4 Å². The van der Waals surface area contributed by atoms with E-state index in [0.717, 1.165) is 37.6 Å². The molecule has 1 fully saturated rings. The van der Waals surface area contributed by atoms with Crippen LogP contribution < -0.4 is 5.32 Å². The molecule has 0 aliphatic carbocycles. The van der Waals surface area contributed by atoms with Gasteiger partial charge in [0.25, 0.3) is 0 Å². The van der Waals surface area contributed by atoms with Gasteiger partial charge in [-0.2, -0.15) is 0 Å². The first-order valence-corrected chi connectivity index (χ1v) is 9.93. The summed E-state index contributed by atoms with van der Waals surface area (Å²) in [7, 11) is 0. The number of thiophene rings is 1. The van der Waals surface area contributed by atoms with Gasteiger partial charge in [-0.15, -0.1) is 11.3 Å². The molecule has 2 rings (SSSR count). The molecule has 25 heavy (non-hydrogen) atoms. The van der Waals surface area contributed by atoms with Crippen molar-refractivity contribution in [2.75, 3.05) is 32.7 Å². The number of carbonyl (C=O) groups is 2. The molecule has 1 N–H and O–H groups in total. The van der Waals surface area contributed by atoms with E-state index < -0.39 is 0 Å². The van der Waals surface area contributed by atoms with Crippen LogP contribution in [0.2, 0.25) is 0 Å². The first kappa shape index (κ1) is 19.9. The van der Waals surface area contributed by atoms with Gasteiger partial charge in [-0.1, -0.05) is 26.8 Å². The zero-order chi connectivity index (χ0) is 18.4. The molecule has 0 aromatic carbocycles. The number of nitrogens with one attached hydrogen (secondary N) is 1. The smallest absolute Gasteiger partial charge is 0.225 e. The van der Waals surface area contributed by atoms with Gasteiger partial charge in [-0.3, -0.25) is 14.5 Å². The van der Waals surface area contributed by atoms with Crippen LogP contribution in [0, 0.1) is 5.41 Å². The lowest BCUT2D eigenvalue weighted by atomic mass is 9.92. The number of nitrogens with zero attached hydrogens (tertiary/aromatic N) is 2. The molecule has 1 saturated heterocycles. The van der Waals surface area contributed by atoms with Crippen molar-refractivity contribution in [2.45, 2.75) is 46.6 Å². The summed E-state index contributed by atoms with van der Waals surface area (Å²) >= 11 is 1.58. The van der Waals surface area contributed by atoms with Crippen LogP contribution in [0.1, 0.15) is 51.5 Å². The molecular weight excluding hydrogens is 334 g/mol. The lowest BCUT2D eigenvalue weighted by Gasteiger charge is -2.36. The van der Waals surface area contributed by atoms with E-state index in [-0.39, 0.29) is 17.9 Å². The highest BCUT2D eigenvalue weighted by Gasteiger charge is 2.25. The summed E-state index contributed by atoms with van der Waals surface area (Å²) in [6.45, 7) is 12.8. The van der Waals surface area contributed by atoms with Crippen molar-refractivity contribution < 1.29 is 9.59 Å². The fourth-order valence-electron chi connectivity index (χ4n) is 2.98. The number of hydrogen-bond acceptors (Lipinski definition) is 4. The molecule has 1 aliphatic heterocycles. The third-order valence-electron chi connectivity index (χ3n) is 4.55. The average Bonchev–Trinajstić information content (AvgIpc) is 3.06. The van der Waals surface area contributed by atoms with E-state index >= 15 is 0 Å². The van der Waals surface area contributed by atoms with Gasteiger partial charge in [0.05, 0.1) is 12.5 Å². The molecule has 1 aliphatic rings. The molecule has 0 bridgehead atoms. The van der Waals surface area contributed by atoms with Crippen molar-refractivity contribution in [2.24, 2.45) is 5.41 Å². The van der Waals surface area contributed by atoms with E-state index in [1.165, 1.54) is 13.3 Å². The second kappa shape index (κ2) is 8.81. The molecule has 1 unspecified atom stereocenters. The molecule has 1 aromatic rings. The Hall–Kier alpha value is -1.40. The molecule has 140 valence electrons. The van der Waals surface area contributed by atoms with Gasteiger partial charge >= 0.3 is 0 Å². The Kier molecular flexibility index (Phi) is 7.02. The topological polar surface area (TPSA) is 52.7 Å². The van der Waals surface area contributed by atoms with Crippen LogP contribution in [0.25, 0.3) is 0 Å². The van der Waals surface area contributed by atoms with Gasteiger partial charge in [0, 0.05) is 38.0 Å². The minimum Gasteiger partial charge on any atom is -0.348 e. The molecule has 1 aromatic heterocycles. The van der Waals surface area contributed by atoms with Gasteiger partial charge in [-0.25, -0.2) is 0 Å². The minimum absolute atomic E-state index is 0.0989. The van der Waals surface area contributed by atoms with Gasteiger partial charge in [-0.05, 0) is 29.8 Å². The van der Waals surface area contributed by atoms with Gasteiger partial charge in [0.15, 0.2) is 0 Å². The Labute approximate surface area is 155 Å². The number of piperazine rings is 1. The van der Waals surface area contributed by atoms with E-state index in [4.69, 9.17) is 0 Å². The maximum Gasteiger partial charge on any atom is 0.225 e. The Morgan fingerprint density at radius 3 is 2.44 bits per heavy atom. The minimum atomic E-state index is -0.219. The SMILES string of the molecule is CC(=O)NC(CC(=O)N1CCN(CCC(C)(C)C)CC1)c1cccs1. The normalized spacial score (nSPS) is 17.4. The van der Waals surface area contributed by atoms with Crippen LogP contribution in [0.4, 0.5) is 0 Å². The standard InChI is InChI=1S/C19H31N3O2S/c1-15(23)20-16(17-6-5-13-25-17)14-18(24)22-11-9-21(10-12-22)8-7-19(2,3)4/h5-6,13,16H,7-12,14H2,1-4H3,(H,20,23). The predicted molar refractivity (Wildman–Crippen MR) is 103 cm³/mol. The highest BCUT2D eigenvalue weighted by atomic mass is 32.1. The summed E-state index contributed by atoms with van der Waals surface area (Å²) in [6.07, 6.45) is 1.51. The molecule has 0 saturated carbocycles. The molecule has 2 amide bonds. The Balaban J connectivity index is 1.83. The second-order valence-electron chi connectivity index (χ2n) is 8.01. The van der Waals surface area contributed by atoms with Crippen LogP contribution in [0.3, 0.4) is 0 Å². The zero-order valence-corrected chi connectivity index (χ0v) is 16.7. The average molecular weight is 366 g/mol. The van der Waals surface area contributed by atoms with E-state index in [9.17, 15) is 9.59 Å².